The summed E-state index contributed by atoms with van der Waals surface area (Å²) in [7, 11) is 0. The molecule has 94 valence electrons. The van der Waals surface area contributed by atoms with Crippen LogP contribution in [0, 0.1) is 0 Å². The van der Waals surface area contributed by atoms with Crippen molar-refractivity contribution in [3.63, 3.8) is 0 Å². The van der Waals surface area contributed by atoms with Gasteiger partial charge in [-0.25, -0.2) is 0 Å². The maximum Gasteiger partial charge on any atom is 0.0367 e. The fourth-order valence-electron chi connectivity index (χ4n) is 3.23. The van der Waals surface area contributed by atoms with Crippen molar-refractivity contribution in [1.29, 1.82) is 0 Å². The number of nitrogens with zero attached hydrogens (tertiary/aromatic N) is 2. The van der Waals surface area contributed by atoms with E-state index in [0.29, 0.717) is 16.6 Å². The Morgan fingerprint density at radius 3 is 1.62 bits per heavy atom. The Kier molecular flexibility index (Phi) is 2.67. The number of hydrogen-bond acceptors (Lipinski definition) is 2. The van der Waals surface area contributed by atoms with E-state index in [1.165, 1.54) is 32.5 Å². The molecule has 2 saturated heterocycles. The largest absolute Gasteiger partial charge is 0.298 e. The van der Waals surface area contributed by atoms with Crippen LogP contribution in [0.15, 0.2) is 0 Å². The van der Waals surface area contributed by atoms with E-state index in [1.807, 2.05) is 0 Å². The molecular weight excluding hydrogens is 196 g/mol. The Morgan fingerprint density at radius 2 is 1.31 bits per heavy atom. The summed E-state index contributed by atoms with van der Waals surface area (Å²) in [5, 5.41) is 0. The van der Waals surface area contributed by atoms with Crippen molar-refractivity contribution in [2.75, 3.05) is 19.6 Å². The highest BCUT2D eigenvalue weighted by atomic mass is 15.4. The van der Waals surface area contributed by atoms with Crippen LogP contribution in [0.25, 0.3) is 0 Å². The molecule has 2 heteroatoms. The molecule has 0 aromatic heterocycles. The molecule has 0 N–H and O–H groups in total. The van der Waals surface area contributed by atoms with Gasteiger partial charge in [-0.1, -0.05) is 0 Å². The highest BCUT2D eigenvalue weighted by Gasteiger charge is 2.57. The van der Waals surface area contributed by atoms with Gasteiger partial charge in [0.2, 0.25) is 0 Å². The van der Waals surface area contributed by atoms with Gasteiger partial charge in [-0.3, -0.25) is 9.80 Å². The third-order valence-corrected chi connectivity index (χ3v) is 4.37. The zero-order valence-corrected chi connectivity index (χ0v) is 11.9. The monoisotopic (exact) mass is 224 g/mol. The molecule has 0 saturated carbocycles. The Hall–Kier alpha value is -0.0800. The highest BCUT2D eigenvalue weighted by molar-refractivity contribution is 5.14. The van der Waals surface area contributed by atoms with Gasteiger partial charge < -0.3 is 0 Å². The lowest BCUT2D eigenvalue weighted by atomic mass is 9.92. The second-order valence-electron chi connectivity index (χ2n) is 7.64. The van der Waals surface area contributed by atoms with Crippen LogP contribution in [-0.4, -0.2) is 46.1 Å². The van der Waals surface area contributed by atoms with E-state index in [1.54, 1.807) is 0 Å². The van der Waals surface area contributed by atoms with Crippen LogP contribution in [0.2, 0.25) is 0 Å². The van der Waals surface area contributed by atoms with E-state index in [0.717, 1.165) is 0 Å². The molecule has 0 amide bonds. The average Bonchev–Trinajstić information content (AvgIpc) is 2.78. The minimum absolute atomic E-state index is 0.350. The minimum atomic E-state index is 0.350. The molecule has 2 rings (SSSR count). The van der Waals surface area contributed by atoms with Crippen LogP contribution in [0.4, 0.5) is 0 Å². The van der Waals surface area contributed by atoms with Crippen molar-refractivity contribution in [3.05, 3.63) is 0 Å². The summed E-state index contributed by atoms with van der Waals surface area (Å²) in [4.78, 5) is 5.33. The molecule has 2 fully saturated rings. The SMILES string of the molecule is CC(C)(C)N1CCC2(CC1)CN2C(C)(C)C. The summed E-state index contributed by atoms with van der Waals surface area (Å²) in [5.41, 5.74) is 1.28. The molecular formula is C14H28N2. The third kappa shape index (κ3) is 2.14. The van der Waals surface area contributed by atoms with Crippen LogP contribution in [0.1, 0.15) is 54.4 Å². The summed E-state index contributed by atoms with van der Waals surface area (Å²) in [6, 6.07) is 0. The van der Waals surface area contributed by atoms with Gasteiger partial charge in [0, 0.05) is 36.3 Å². The Labute approximate surface area is 101 Å². The number of piperidine rings is 1. The van der Waals surface area contributed by atoms with Crippen molar-refractivity contribution in [2.45, 2.75) is 71.0 Å². The molecule has 2 heterocycles. The summed E-state index contributed by atoms with van der Waals surface area (Å²) in [6.45, 7) is 17.9. The molecule has 0 aromatic rings. The van der Waals surface area contributed by atoms with Gasteiger partial charge in [0.15, 0.2) is 0 Å². The molecule has 1 spiro atoms. The Bertz CT molecular complexity index is 261. The Balaban J connectivity index is 1.93. The second kappa shape index (κ2) is 3.46. The van der Waals surface area contributed by atoms with Crippen molar-refractivity contribution >= 4 is 0 Å². The molecule has 0 radical (unpaired) electrons. The molecule has 1 atom stereocenters. The third-order valence-electron chi connectivity index (χ3n) is 4.37. The maximum absolute atomic E-state index is 2.69. The number of likely N-dealkylation sites (tertiary alicyclic amines) is 1. The zero-order chi connectivity index (χ0) is 12.2. The lowest BCUT2D eigenvalue weighted by Gasteiger charge is -2.42. The topological polar surface area (TPSA) is 6.25 Å². The quantitative estimate of drug-likeness (QED) is 0.584. The van der Waals surface area contributed by atoms with Crippen molar-refractivity contribution < 1.29 is 0 Å². The molecule has 2 nitrogen and oxygen atoms in total. The fourth-order valence-corrected chi connectivity index (χ4v) is 3.23. The van der Waals surface area contributed by atoms with Gasteiger partial charge in [0.1, 0.15) is 0 Å². The zero-order valence-electron chi connectivity index (χ0n) is 11.9. The van der Waals surface area contributed by atoms with Crippen LogP contribution in [0.5, 0.6) is 0 Å². The fraction of sp³-hybridized carbons (Fsp3) is 1.00. The smallest absolute Gasteiger partial charge is 0.0367 e. The number of rotatable bonds is 0. The summed E-state index contributed by atoms with van der Waals surface area (Å²) < 4.78 is 0. The summed E-state index contributed by atoms with van der Waals surface area (Å²) in [6.07, 6.45) is 2.73. The van der Waals surface area contributed by atoms with E-state index < -0.39 is 0 Å². The highest BCUT2D eigenvalue weighted by Crippen LogP contribution is 2.47. The van der Waals surface area contributed by atoms with Crippen LogP contribution in [-0.2, 0) is 0 Å². The van der Waals surface area contributed by atoms with Gasteiger partial charge in [-0.2, -0.15) is 0 Å². The van der Waals surface area contributed by atoms with E-state index in [-0.39, 0.29) is 0 Å². The first-order chi connectivity index (χ1) is 7.15. The van der Waals surface area contributed by atoms with Crippen molar-refractivity contribution in [2.24, 2.45) is 0 Å². The molecule has 2 aliphatic rings. The molecule has 2 aliphatic heterocycles. The number of hydrogen-bond donors (Lipinski definition) is 0. The van der Waals surface area contributed by atoms with Crippen molar-refractivity contribution in [3.8, 4) is 0 Å². The van der Waals surface area contributed by atoms with E-state index in [4.69, 9.17) is 0 Å². The lowest BCUT2D eigenvalue weighted by molar-refractivity contribution is 0.0760. The summed E-state index contributed by atoms with van der Waals surface area (Å²) >= 11 is 0. The first-order valence-electron chi connectivity index (χ1n) is 6.68. The molecule has 0 bridgehead atoms. The van der Waals surface area contributed by atoms with Crippen molar-refractivity contribution in [1.82, 2.24) is 9.80 Å². The van der Waals surface area contributed by atoms with Crippen LogP contribution < -0.4 is 0 Å². The average molecular weight is 224 g/mol. The van der Waals surface area contributed by atoms with E-state index in [2.05, 4.69) is 51.3 Å². The standard InChI is InChI=1S/C14H28N2/c1-12(2,3)15-9-7-14(8-10-15)11-16(14)13(4,5)6/h7-11H2,1-6H3. The minimum Gasteiger partial charge on any atom is -0.298 e. The first kappa shape index (κ1) is 12.4. The van der Waals surface area contributed by atoms with E-state index in [9.17, 15) is 0 Å². The molecule has 0 aromatic carbocycles. The van der Waals surface area contributed by atoms with Crippen LogP contribution >= 0.6 is 0 Å². The summed E-state index contributed by atoms with van der Waals surface area (Å²) in [5.74, 6) is 0. The molecule has 0 aliphatic carbocycles. The van der Waals surface area contributed by atoms with Gasteiger partial charge in [0.05, 0.1) is 0 Å². The first-order valence-corrected chi connectivity index (χ1v) is 6.68. The van der Waals surface area contributed by atoms with Gasteiger partial charge >= 0.3 is 0 Å². The van der Waals surface area contributed by atoms with Gasteiger partial charge in [-0.05, 0) is 54.4 Å². The molecule has 1 unspecified atom stereocenters. The normalized spacial score (nSPS) is 30.8. The van der Waals surface area contributed by atoms with Gasteiger partial charge in [-0.15, -0.1) is 0 Å². The maximum atomic E-state index is 2.69. The second-order valence-corrected chi connectivity index (χ2v) is 7.64. The lowest BCUT2D eigenvalue weighted by Crippen LogP contribution is -2.50. The van der Waals surface area contributed by atoms with Gasteiger partial charge in [0.25, 0.3) is 0 Å². The predicted octanol–water partition coefficient (Wildman–Crippen LogP) is 2.73. The van der Waals surface area contributed by atoms with E-state index >= 15 is 0 Å². The van der Waals surface area contributed by atoms with Crippen LogP contribution in [0.3, 0.4) is 0 Å². The Morgan fingerprint density at radius 1 is 0.812 bits per heavy atom. The predicted molar refractivity (Wildman–Crippen MR) is 69.8 cm³/mol. The molecule has 16 heavy (non-hydrogen) atoms.